The zero-order valence-corrected chi connectivity index (χ0v) is 7.33. The SMILES string of the molecule is C[Si](C)(F)c1cccs1. The van der Waals surface area contributed by atoms with Gasteiger partial charge in [0.05, 0.1) is 0 Å². The van der Waals surface area contributed by atoms with Crippen LogP contribution in [0.4, 0.5) is 4.11 Å². The Bertz CT molecular complexity index is 175. The van der Waals surface area contributed by atoms with E-state index in [0.29, 0.717) is 0 Å². The highest BCUT2D eigenvalue weighted by Crippen LogP contribution is 2.07. The lowest BCUT2D eigenvalue weighted by Crippen LogP contribution is -2.33. The van der Waals surface area contributed by atoms with Crippen LogP contribution in [-0.2, 0) is 0 Å². The fraction of sp³-hybridized carbons (Fsp3) is 0.333. The number of rotatable bonds is 1. The number of halogens is 1. The maximum atomic E-state index is 13.1. The van der Waals surface area contributed by atoms with Gasteiger partial charge in [-0.1, -0.05) is 6.07 Å². The Morgan fingerprint density at radius 3 is 2.44 bits per heavy atom. The van der Waals surface area contributed by atoms with Crippen molar-refractivity contribution in [3.05, 3.63) is 17.5 Å². The highest BCUT2D eigenvalue weighted by atomic mass is 32.1. The second-order valence-corrected chi connectivity index (χ2v) is 7.24. The van der Waals surface area contributed by atoms with Crippen LogP contribution < -0.4 is 4.50 Å². The van der Waals surface area contributed by atoms with E-state index in [9.17, 15) is 4.11 Å². The highest BCUT2D eigenvalue weighted by Gasteiger charge is 2.23. The lowest BCUT2D eigenvalue weighted by Gasteiger charge is -2.05. The second-order valence-electron chi connectivity index (χ2n) is 2.45. The Morgan fingerprint density at radius 2 is 2.22 bits per heavy atom. The smallest absolute Gasteiger partial charge is 0.281 e. The molecule has 0 aliphatic heterocycles. The van der Waals surface area contributed by atoms with Gasteiger partial charge in [0, 0.05) is 4.50 Å². The molecule has 0 saturated heterocycles. The molecule has 0 unspecified atom stereocenters. The molecule has 0 aliphatic carbocycles. The third kappa shape index (κ3) is 1.63. The fourth-order valence-corrected chi connectivity index (χ4v) is 2.90. The topological polar surface area (TPSA) is 0 Å². The average molecular weight is 160 g/mol. The summed E-state index contributed by atoms with van der Waals surface area (Å²) in [6, 6.07) is 3.77. The minimum absolute atomic E-state index is 0.933. The zero-order chi connectivity index (χ0) is 6.91. The molecule has 0 atom stereocenters. The van der Waals surface area contributed by atoms with Crippen molar-refractivity contribution in [1.29, 1.82) is 0 Å². The summed E-state index contributed by atoms with van der Waals surface area (Å²) < 4.78 is 14.0. The molecule has 9 heavy (non-hydrogen) atoms. The summed E-state index contributed by atoms with van der Waals surface area (Å²) in [5.74, 6) is 0. The summed E-state index contributed by atoms with van der Waals surface area (Å²) in [5.41, 5.74) is 0. The maximum Gasteiger partial charge on any atom is 0.281 e. The van der Waals surface area contributed by atoms with Crippen molar-refractivity contribution >= 4 is 24.2 Å². The molecule has 0 aromatic carbocycles. The lowest BCUT2D eigenvalue weighted by molar-refractivity contribution is 0.824. The number of hydrogen-bond donors (Lipinski definition) is 0. The average Bonchev–Trinajstić information content (AvgIpc) is 2.08. The minimum atomic E-state index is -2.46. The van der Waals surface area contributed by atoms with Gasteiger partial charge in [-0.2, -0.15) is 11.3 Å². The van der Waals surface area contributed by atoms with E-state index < -0.39 is 8.41 Å². The Labute approximate surface area is 59.5 Å². The van der Waals surface area contributed by atoms with Crippen LogP contribution in [0.2, 0.25) is 13.1 Å². The van der Waals surface area contributed by atoms with Gasteiger partial charge in [0.1, 0.15) is 0 Å². The summed E-state index contributed by atoms with van der Waals surface area (Å²) in [6.45, 7) is 3.41. The van der Waals surface area contributed by atoms with E-state index in [0.717, 1.165) is 4.50 Å². The van der Waals surface area contributed by atoms with E-state index in [2.05, 4.69) is 0 Å². The largest absolute Gasteiger partial charge is 0.308 e. The second kappa shape index (κ2) is 2.23. The van der Waals surface area contributed by atoms with Crippen molar-refractivity contribution in [2.45, 2.75) is 13.1 Å². The molecule has 1 rings (SSSR count). The standard InChI is InChI=1S/C6H9FSSi/c1-9(2,7)6-4-3-5-8-6/h3-5H,1-2H3. The predicted octanol–water partition coefficient (Wildman–Crippen LogP) is 2.13. The van der Waals surface area contributed by atoms with E-state index in [-0.39, 0.29) is 0 Å². The third-order valence-corrected chi connectivity index (χ3v) is 4.94. The van der Waals surface area contributed by atoms with Gasteiger partial charge in [-0.05, 0) is 24.5 Å². The van der Waals surface area contributed by atoms with Crippen LogP contribution in [0, 0.1) is 0 Å². The lowest BCUT2D eigenvalue weighted by atomic mass is 10.7. The van der Waals surface area contributed by atoms with Crippen molar-refractivity contribution in [2.75, 3.05) is 0 Å². The van der Waals surface area contributed by atoms with Crippen molar-refractivity contribution in [2.24, 2.45) is 0 Å². The van der Waals surface area contributed by atoms with Gasteiger partial charge in [0.25, 0.3) is 8.41 Å². The van der Waals surface area contributed by atoms with Crippen molar-refractivity contribution in [3.8, 4) is 0 Å². The van der Waals surface area contributed by atoms with Gasteiger partial charge in [-0.25, -0.2) is 0 Å². The summed E-state index contributed by atoms with van der Waals surface area (Å²) in [5, 5.41) is 1.92. The van der Waals surface area contributed by atoms with Crippen molar-refractivity contribution in [3.63, 3.8) is 0 Å². The van der Waals surface area contributed by atoms with Gasteiger partial charge in [0.15, 0.2) is 0 Å². The summed E-state index contributed by atoms with van der Waals surface area (Å²) in [7, 11) is -2.46. The number of thiophene rings is 1. The Balaban J connectivity index is 2.90. The molecule has 0 N–H and O–H groups in total. The first-order chi connectivity index (χ1) is 4.11. The van der Waals surface area contributed by atoms with E-state index in [4.69, 9.17) is 0 Å². The van der Waals surface area contributed by atoms with E-state index in [1.807, 2.05) is 17.5 Å². The van der Waals surface area contributed by atoms with E-state index >= 15 is 0 Å². The van der Waals surface area contributed by atoms with Gasteiger partial charge >= 0.3 is 0 Å². The first kappa shape index (κ1) is 6.96. The molecule has 0 amide bonds. The molecule has 1 heterocycles. The fourth-order valence-electron chi connectivity index (χ4n) is 0.617. The molecule has 3 heteroatoms. The molecule has 0 saturated carbocycles. The molecular weight excluding hydrogens is 151 g/mol. The minimum Gasteiger partial charge on any atom is -0.308 e. The molecule has 0 fully saturated rings. The summed E-state index contributed by atoms with van der Waals surface area (Å²) in [4.78, 5) is 0. The normalized spacial score (nSPS) is 11.9. The Morgan fingerprint density at radius 1 is 1.56 bits per heavy atom. The van der Waals surface area contributed by atoms with Crippen LogP contribution in [0.25, 0.3) is 0 Å². The van der Waals surface area contributed by atoms with Gasteiger partial charge in [-0.15, -0.1) is 0 Å². The molecule has 50 valence electrons. The summed E-state index contributed by atoms with van der Waals surface area (Å²) >= 11 is 1.52. The van der Waals surface area contributed by atoms with Crippen LogP contribution in [0.3, 0.4) is 0 Å². The van der Waals surface area contributed by atoms with E-state index in [1.54, 1.807) is 13.1 Å². The Hall–Kier alpha value is -0.153. The first-order valence-electron chi connectivity index (χ1n) is 2.83. The quantitative estimate of drug-likeness (QED) is 0.436. The molecule has 0 aliphatic rings. The van der Waals surface area contributed by atoms with Crippen molar-refractivity contribution in [1.82, 2.24) is 0 Å². The zero-order valence-electron chi connectivity index (χ0n) is 5.52. The predicted molar refractivity (Wildman–Crippen MR) is 42.5 cm³/mol. The Kier molecular flexibility index (Phi) is 1.72. The molecule has 1 aromatic rings. The molecule has 0 nitrogen and oxygen atoms in total. The van der Waals surface area contributed by atoms with Crippen LogP contribution in [0.5, 0.6) is 0 Å². The molecule has 0 radical (unpaired) electrons. The molecular formula is C6H9FSSi. The van der Waals surface area contributed by atoms with Gasteiger partial charge in [-0.3, -0.25) is 0 Å². The monoisotopic (exact) mass is 160 g/mol. The third-order valence-electron chi connectivity index (χ3n) is 1.11. The highest BCUT2D eigenvalue weighted by molar-refractivity contribution is 7.24. The van der Waals surface area contributed by atoms with Crippen LogP contribution >= 0.6 is 11.3 Å². The summed E-state index contributed by atoms with van der Waals surface area (Å²) in [6.07, 6.45) is 0. The van der Waals surface area contributed by atoms with E-state index in [1.165, 1.54) is 11.3 Å². The van der Waals surface area contributed by atoms with Crippen molar-refractivity contribution < 1.29 is 4.11 Å². The van der Waals surface area contributed by atoms with Crippen LogP contribution in [0.15, 0.2) is 17.5 Å². The number of hydrogen-bond acceptors (Lipinski definition) is 1. The molecule has 0 spiro atoms. The van der Waals surface area contributed by atoms with Crippen LogP contribution in [0.1, 0.15) is 0 Å². The van der Waals surface area contributed by atoms with Crippen LogP contribution in [-0.4, -0.2) is 8.41 Å². The maximum absolute atomic E-state index is 13.1. The first-order valence-corrected chi connectivity index (χ1v) is 6.59. The van der Waals surface area contributed by atoms with Gasteiger partial charge in [0.2, 0.25) is 0 Å². The molecule has 0 bridgehead atoms. The van der Waals surface area contributed by atoms with Gasteiger partial charge < -0.3 is 4.11 Å². The molecule has 1 aromatic heterocycles.